The zero-order valence-corrected chi connectivity index (χ0v) is 16.5. The second-order valence-electron chi connectivity index (χ2n) is 6.37. The van der Waals surface area contributed by atoms with E-state index in [0.717, 1.165) is 31.8 Å². The van der Waals surface area contributed by atoms with Gasteiger partial charge in [0.15, 0.2) is 12.4 Å². The first kappa shape index (κ1) is 21.6. The van der Waals surface area contributed by atoms with E-state index in [-0.39, 0.29) is 37.4 Å². The van der Waals surface area contributed by atoms with Gasteiger partial charge in [0.25, 0.3) is 5.91 Å². The molecule has 0 atom stereocenters. The molecule has 1 aliphatic heterocycles. The van der Waals surface area contributed by atoms with Gasteiger partial charge in [0, 0.05) is 13.0 Å². The van der Waals surface area contributed by atoms with Crippen molar-refractivity contribution in [1.82, 2.24) is 25.4 Å². The highest BCUT2D eigenvalue weighted by molar-refractivity contribution is 5.93. The lowest BCUT2D eigenvalue weighted by atomic mass is 9.98. The topological polar surface area (TPSA) is 110 Å². The van der Waals surface area contributed by atoms with Crippen LogP contribution < -0.4 is 20.7 Å². The van der Waals surface area contributed by atoms with Gasteiger partial charge >= 0.3 is 0 Å². The van der Waals surface area contributed by atoms with E-state index in [1.165, 1.54) is 0 Å². The van der Waals surface area contributed by atoms with Gasteiger partial charge in [0.1, 0.15) is 5.75 Å². The Kier molecular flexibility index (Phi) is 8.21. The lowest BCUT2D eigenvalue weighted by Crippen LogP contribution is -2.36. The fourth-order valence-corrected chi connectivity index (χ4v) is 2.83. The van der Waals surface area contributed by atoms with E-state index >= 15 is 0 Å². The van der Waals surface area contributed by atoms with E-state index < -0.39 is 0 Å². The van der Waals surface area contributed by atoms with Gasteiger partial charge in [-0.2, -0.15) is 10.1 Å². The Morgan fingerprint density at radius 3 is 2.64 bits per heavy atom. The zero-order valence-electron chi connectivity index (χ0n) is 15.7. The van der Waals surface area contributed by atoms with E-state index in [9.17, 15) is 9.59 Å². The summed E-state index contributed by atoms with van der Waals surface area (Å²) >= 11 is 0. The molecule has 1 aromatic heterocycles. The van der Waals surface area contributed by atoms with Crippen molar-refractivity contribution in [2.75, 3.05) is 31.6 Å². The Balaban J connectivity index is 0.00000280. The average Bonchev–Trinajstić information content (AvgIpc) is 3.06. The summed E-state index contributed by atoms with van der Waals surface area (Å²) in [5, 5.41) is 12.9. The van der Waals surface area contributed by atoms with E-state index in [1.54, 1.807) is 23.9 Å². The predicted molar refractivity (Wildman–Crippen MR) is 107 cm³/mol. The van der Waals surface area contributed by atoms with Gasteiger partial charge in [0.2, 0.25) is 11.9 Å². The molecule has 10 heteroatoms. The summed E-state index contributed by atoms with van der Waals surface area (Å²) in [5.74, 6) is 1.29. The Morgan fingerprint density at radius 2 is 1.93 bits per heavy atom. The van der Waals surface area contributed by atoms with Crippen molar-refractivity contribution in [1.29, 1.82) is 0 Å². The number of halogens is 1. The lowest BCUT2D eigenvalue weighted by molar-refractivity contribution is -0.125. The van der Waals surface area contributed by atoms with Crippen LogP contribution in [0.4, 0.5) is 5.95 Å². The smallest absolute Gasteiger partial charge is 0.258 e. The molecule has 0 saturated carbocycles. The molecule has 3 N–H and O–H groups in total. The molecule has 0 aliphatic carbocycles. The van der Waals surface area contributed by atoms with Crippen LogP contribution in [0.3, 0.4) is 0 Å². The quantitative estimate of drug-likeness (QED) is 0.626. The van der Waals surface area contributed by atoms with Gasteiger partial charge < -0.3 is 15.4 Å². The lowest BCUT2D eigenvalue weighted by Gasteiger charge is -2.19. The minimum atomic E-state index is -0.373. The Morgan fingerprint density at radius 1 is 1.21 bits per heavy atom. The summed E-state index contributed by atoms with van der Waals surface area (Å²) in [6.07, 6.45) is 1.96. The van der Waals surface area contributed by atoms with E-state index in [4.69, 9.17) is 4.74 Å². The molecule has 3 rings (SSSR count). The van der Waals surface area contributed by atoms with Crippen LogP contribution in [0.1, 0.15) is 24.6 Å². The van der Waals surface area contributed by atoms with Crippen LogP contribution in [0, 0.1) is 0 Å². The fraction of sp³-hybridized carbons (Fsp3) is 0.444. The number of nitrogens with one attached hydrogen (secondary N) is 3. The van der Waals surface area contributed by atoms with Gasteiger partial charge in [-0.15, -0.1) is 12.4 Å². The van der Waals surface area contributed by atoms with Crippen molar-refractivity contribution >= 4 is 30.2 Å². The summed E-state index contributed by atoms with van der Waals surface area (Å²) in [6, 6.07) is 9.02. The van der Waals surface area contributed by atoms with Crippen LogP contribution in [-0.2, 0) is 16.6 Å². The van der Waals surface area contributed by atoms with Crippen LogP contribution in [0.2, 0.25) is 0 Å². The van der Waals surface area contributed by atoms with Gasteiger partial charge in [-0.3, -0.25) is 14.9 Å². The highest BCUT2D eigenvalue weighted by atomic mass is 35.5. The molecular weight excluding hydrogens is 384 g/mol. The Hall–Kier alpha value is -2.65. The largest absolute Gasteiger partial charge is 0.484 e. The van der Waals surface area contributed by atoms with Gasteiger partial charge in [-0.1, -0.05) is 18.2 Å². The van der Waals surface area contributed by atoms with Crippen LogP contribution >= 0.6 is 12.4 Å². The number of aromatic nitrogens is 3. The molecule has 1 aromatic carbocycles. The number of anilines is 1. The Bertz CT molecular complexity index is 777. The molecule has 1 saturated heterocycles. The van der Waals surface area contributed by atoms with Crippen molar-refractivity contribution in [3.63, 3.8) is 0 Å². The first-order chi connectivity index (χ1) is 13.1. The monoisotopic (exact) mass is 408 g/mol. The highest BCUT2D eigenvalue weighted by Crippen LogP contribution is 2.23. The average molecular weight is 409 g/mol. The minimum absolute atomic E-state index is 0. The molecule has 0 spiro atoms. The summed E-state index contributed by atoms with van der Waals surface area (Å²) in [5.41, 5.74) is 0. The molecule has 1 aliphatic rings. The summed E-state index contributed by atoms with van der Waals surface area (Å²) in [4.78, 5) is 28.3. The number of rotatable bonds is 7. The first-order valence-corrected chi connectivity index (χ1v) is 8.98. The number of aryl methyl sites for hydroxylation is 1. The number of amides is 2. The molecular formula is C18H25ClN6O3. The fourth-order valence-electron chi connectivity index (χ4n) is 2.83. The number of piperidine rings is 1. The molecule has 152 valence electrons. The van der Waals surface area contributed by atoms with Crippen LogP contribution in [0.15, 0.2) is 30.3 Å². The van der Waals surface area contributed by atoms with Gasteiger partial charge in [-0.05, 0) is 38.1 Å². The maximum absolute atomic E-state index is 12.1. The molecule has 0 radical (unpaired) electrons. The number of nitrogens with zero attached hydrogens (tertiary/aromatic N) is 3. The zero-order chi connectivity index (χ0) is 19.1. The highest BCUT2D eigenvalue weighted by Gasteiger charge is 2.21. The number of benzene rings is 1. The Labute approximate surface area is 169 Å². The summed E-state index contributed by atoms with van der Waals surface area (Å²) in [7, 11) is 1.74. The molecule has 2 amide bonds. The third kappa shape index (κ3) is 6.21. The second-order valence-corrected chi connectivity index (χ2v) is 6.37. The van der Waals surface area contributed by atoms with Crippen molar-refractivity contribution < 1.29 is 14.3 Å². The second kappa shape index (κ2) is 10.6. The SMILES string of the molecule is Cl.Cn1nc(C2CCNCC2)nc1NC(=O)CNC(=O)COc1ccccc1. The van der Waals surface area contributed by atoms with Crippen LogP contribution in [0.25, 0.3) is 0 Å². The van der Waals surface area contributed by atoms with Crippen LogP contribution in [0.5, 0.6) is 5.75 Å². The predicted octanol–water partition coefficient (Wildman–Crippen LogP) is 0.838. The number of hydrogen-bond donors (Lipinski definition) is 3. The molecule has 1 fully saturated rings. The molecule has 9 nitrogen and oxygen atoms in total. The maximum atomic E-state index is 12.1. The molecule has 2 aromatic rings. The third-order valence-corrected chi connectivity index (χ3v) is 4.29. The van der Waals surface area contributed by atoms with E-state index in [2.05, 4.69) is 26.0 Å². The minimum Gasteiger partial charge on any atom is -0.484 e. The first-order valence-electron chi connectivity index (χ1n) is 8.98. The third-order valence-electron chi connectivity index (χ3n) is 4.29. The van der Waals surface area contributed by atoms with Crippen molar-refractivity contribution in [2.45, 2.75) is 18.8 Å². The van der Waals surface area contributed by atoms with E-state index in [1.807, 2.05) is 18.2 Å². The molecule has 0 bridgehead atoms. The van der Waals surface area contributed by atoms with Gasteiger partial charge in [0.05, 0.1) is 6.54 Å². The number of hydrogen-bond acceptors (Lipinski definition) is 6. The van der Waals surface area contributed by atoms with Crippen molar-refractivity contribution in [2.24, 2.45) is 7.05 Å². The van der Waals surface area contributed by atoms with Gasteiger partial charge in [-0.25, -0.2) is 4.68 Å². The maximum Gasteiger partial charge on any atom is 0.258 e. The van der Waals surface area contributed by atoms with Crippen LogP contribution in [-0.4, -0.2) is 52.8 Å². The number of carbonyl (C=O) groups excluding carboxylic acids is 2. The van der Waals surface area contributed by atoms with E-state index in [0.29, 0.717) is 17.6 Å². The molecule has 28 heavy (non-hydrogen) atoms. The molecule has 0 unspecified atom stereocenters. The standard InChI is InChI=1S/C18H24N6O3.ClH/c1-24-18(22-17(23-24)13-7-9-19-10-8-13)21-15(25)11-20-16(26)12-27-14-5-3-2-4-6-14;/h2-6,13,19H,7-12H2,1H3,(H,20,26)(H,21,22,23,25);1H. The van der Waals surface area contributed by atoms with Crippen molar-refractivity contribution in [3.05, 3.63) is 36.2 Å². The number of carbonyl (C=O) groups is 2. The van der Waals surface area contributed by atoms with Crippen molar-refractivity contribution in [3.8, 4) is 5.75 Å². The summed E-state index contributed by atoms with van der Waals surface area (Å²) in [6.45, 7) is 1.58. The summed E-state index contributed by atoms with van der Waals surface area (Å²) < 4.78 is 6.88. The molecule has 2 heterocycles. The normalized spacial score (nSPS) is 14.0. The number of para-hydroxylation sites is 1. The number of ether oxygens (including phenoxy) is 1.